The third-order valence-corrected chi connectivity index (χ3v) is 9.97. The van der Waals surface area contributed by atoms with Gasteiger partial charge in [0.15, 0.2) is 28.4 Å². The lowest BCUT2D eigenvalue weighted by Gasteiger charge is -2.30. The number of guanidine groups is 1. The van der Waals surface area contributed by atoms with Crippen molar-refractivity contribution in [1.29, 1.82) is 0 Å². The number of benzene rings is 2. The van der Waals surface area contributed by atoms with Crippen molar-refractivity contribution in [2.45, 2.75) is 102 Å². The van der Waals surface area contributed by atoms with Gasteiger partial charge in [0.2, 0.25) is 5.91 Å². The van der Waals surface area contributed by atoms with Crippen LogP contribution in [0.25, 0.3) is 10.8 Å². The lowest BCUT2D eigenvalue weighted by Crippen LogP contribution is -2.50. The SMILES string of the molecule is CCCCCCN(CCCNC(CCc1ccc2cc(CCCCN=C(N)NC(=O)c3nc(Cl)c(N)nc3N)ccc2c1)C(N)=O)C[C@H](O)[C@@H](O)[C@H](O)[C@H](O)CO. The quantitative estimate of drug-likeness (QED) is 0.0301. The van der Waals surface area contributed by atoms with Gasteiger partial charge in [-0.15, -0.1) is 0 Å². The molecule has 15 N–H and O–H groups in total. The summed E-state index contributed by atoms with van der Waals surface area (Å²) in [5.74, 6) is -1.45. The number of hydrogen-bond donors (Lipinski definition) is 11. The highest BCUT2D eigenvalue weighted by atomic mass is 35.5. The third kappa shape index (κ3) is 15.9. The summed E-state index contributed by atoms with van der Waals surface area (Å²) in [5.41, 5.74) is 24.9. The second kappa shape index (κ2) is 24.5. The maximum absolute atomic E-state index is 12.4. The van der Waals surface area contributed by atoms with E-state index in [1.807, 2.05) is 4.90 Å². The van der Waals surface area contributed by atoms with Crippen molar-refractivity contribution in [2.24, 2.45) is 16.5 Å². The lowest BCUT2D eigenvalue weighted by atomic mass is 9.98. The molecule has 2 aromatic carbocycles. The minimum absolute atomic E-state index is 0.0729. The van der Waals surface area contributed by atoms with Gasteiger partial charge in [0.25, 0.3) is 5.91 Å². The Labute approximate surface area is 338 Å². The molecule has 2 amide bonds. The van der Waals surface area contributed by atoms with E-state index in [1.165, 1.54) is 5.56 Å². The molecule has 57 heavy (non-hydrogen) atoms. The van der Waals surface area contributed by atoms with Crippen LogP contribution in [0.15, 0.2) is 41.4 Å². The predicted molar refractivity (Wildman–Crippen MR) is 222 cm³/mol. The number of carbonyl (C=O) groups is 2. The van der Waals surface area contributed by atoms with Crippen LogP contribution in [0.5, 0.6) is 0 Å². The Hall–Kier alpha value is -4.20. The average molecular weight is 817 g/mol. The van der Waals surface area contributed by atoms with Gasteiger partial charge < -0.3 is 58.7 Å². The summed E-state index contributed by atoms with van der Waals surface area (Å²) in [7, 11) is 0. The van der Waals surface area contributed by atoms with E-state index in [1.54, 1.807) is 0 Å². The maximum Gasteiger partial charge on any atom is 0.280 e. The van der Waals surface area contributed by atoms with Crippen molar-refractivity contribution in [2.75, 3.05) is 50.8 Å². The summed E-state index contributed by atoms with van der Waals surface area (Å²) >= 11 is 5.84. The Bertz CT molecular complexity index is 1750. The van der Waals surface area contributed by atoms with Gasteiger partial charge in [-0.2, -0.15) is 0 Å². The van der Waals surface area contributed by atoms with E-state index in [0.29, 0.717) is 45.4 Å². The Morgan fingerprint density at radius 2 is 1.49 bits per heavy atom. The third-order valence-electron chi connectivity index (χ3n) is 9.69. The zero-order valence-electron chi connectivity index (χ0n) is 32.7. The zero-order valence-corrected chi connectivity index (χ0v) is 33.4. The smallest absolute Gasteiger partial charge is 0.280 e. The van der Waals surface area contributed by atoms with E-state index in [9.17, 15) is 30.0 Å². The van der Waals surface area contributed by atoms with E-state index in [4.69, 9.17) is 39.6 Å². The summed E-state index contributed by atoms with van der Waals surface area (Å²) in [6, 6.07) is 12.0. The fourth-order valence-electron chi connectivity index (χ4n) is 6.35. The van der Waals surface area contributed by atoms with Crippen molar-refractivity contribution in [3.63, 3.8) is 0 Å². The molecule has 0 spiro atoms. The molecule has 3 rings (SSSR count). The van der Waals surface area contributed by atoms with Gasteiger partial charge in [-0.25, -0.2) is 9.97 Å². The number of nitrogens with zero attached hydrogens (tertiary/aromatic N) is 4. The van der Waals surface area contributed by atoms with Crippen LogP contribution in [0.1, 0.15) is 79.9 Å². The fourth-order valence-corrected chi connectivity index (χ4v) is 6.47. The van der Waals surface area contributed by atoms with Gasteiger partial charge >= 0.3 is 0 Å². The number of unbranched alkanes of at least 4 members (excludes halogenated alkanes) is 4. The van der Waals surface area contributed by atoms with Gasteiger partial charge in [0, 0.05) is 13.1 Å². The monoisotopic (exact) mass is 816 g/mol. The van der Waals surface area contributed by atoms with Crippen LogP contribution in [0.4, 0.5) is 11.6 Å². The molecule has 0 radical (unpaired) electrons. The van der Waals surface area contributed by atoms with Gasteiger partial charge in [0.1, 0.15) is 18.3 Å². The molecule has 0 bridgehead atoms. The van der Waals surface area contributed by atoms with Crippen LogP contribution < -0.4 is 33.6 Å². The molecule has 18 heteroatoms. The van der Waals surface area contributed by atoms with Gasteiger partial charge in [-0.1, -0.05) is 74.2 Å². The molecule has 316 valence electrons. The van der Waals surface area contributed by atoms with E-state index in [0.717, 1.165) is 61.3 Å². The summed E-state index contributed by atoms with van der Waals surface area (Å²) in [6.07, 6.45) is 2.14. The molecular formula is C39H61ClN10O7. The molecule has 1 unspecified atom stereocenters. The second-order valence-corrected chi connectivity index (χ2v) is 14.6. The molecule has 0 aliphatic carbocycles. The average Bonchev–Trinajstić information content (AvgIpc) is 3.18. The van der Waals surface area contributed by atoms with Crippen LogP contribution in [0.3, 0.4) is 0 Å². The molecule has 5 atom stereocenters. The largest absolute Gasteiger partial charge is 0.394 e. The maximum atomic E-state index is 12.4. The molecule has 0 saturated heterocycles. The number of rotatable bonds is 26. The topological polar surface area (TPSA) is 305 Å². The van der Waals surface area contributed by atoms with Crippen LogP contribution in [0.2, 0.25) is 5.15 Å². The Balaban J connectivity index is 1.44. The molecular weight excluding hydrogens is 756 g/mol. The minimum atomic E-state index is -1.67. The molecule has 0 fully saturated rings. The molecule has 3 aromatic rings. The highest BCUT2D eigenvalue weighted by Gasteiger charge is 2.31. The highest BCUT2D eigenvalue weighted by molar-refractivity contribution is 6.31. The number of halogens is 1. The molecule has 0 aliphatic heterocycles. The first-order valence-electron chi connectivity index (χ1n) is 19.5. The van der Waals surface area contributed by atoms with E-state index in [2.05, 4.69) is 68.9 Å². The van der Waals surface area contributed by atoms with Crippen LogP contribution in [-0.4, -0.2) is 128 Å². The number of nitrogens with two attached hydrogens (primary N) is 4. The van der Waals surface area contributed by atoms with E-state index in [-0.39, 0.29) is 35.0 Å². The molecule has 17 nitrogen and oxygen atoms in total. The van der Waals surface area contributed by atoms with E-state index >= 15 is 0 Å². The number of aliphatic hydroxyl groups excluding tert-OH is 5. The summed E-state index contributed by atoms with van der Waals surface area (Å²) in [5, 5.41) is 57.4. The molecule has 1 aromatic heterocycles. The highest BCUT2D eigenvalue weighted by Crippen LogP contribution is 2.21. The molecule has 0 saturated carbocycles. The van der Waals surface area contributed by atoms with Crippen molar-refractivity contribution in [3.05, 3.63) is 58.4 Å². The molecule has 0 aliphatic rings. The number of aliphatic hydroxyl groups is 5. The Kier molecular flexibility index (Phi) is 20.3. The number of hydrogen-bond acceptors (Lipinski definition) is 14. The number of fused-ring (bicyclic) bond motifs is 1. The number of amides is 2. The zero-order chi connectivity index (χ0) is 41.9. The summed E-state index contributed by atoms with van der Waals surface area (Å²) in [6.45, 7) is 3.62. The fraction of sp³-hybridized carbons (Fsp3) is 0.564. The van der Waals surface area contributed by atoms with Gasteiger partial charge in [-0.3, -0.25) is 19.9 Å². The summed E-state index contributed by atoms with van der Waals surface area (Å²) in [4.78, 5) is 38.6. The van der Waals surface area contributed by atoms with Crippen LogP contribution in [0, 0.1) is 0 Å². The number of anilines is 2. The number of primary amides is 1. The number of nitrogens with one attached hydrogen (secondary N) is 2. The van der Waals surface area contributed by atoms with Gasteiger partial charge in [-0.05, 0) is 86.5 Å². The first kappa shape index (κ1) is 47.2. The molecule has 1 heterocycles. The Morgan fingerprint density at radius 3 is 2.14 bits per heavy atom. The van der Waals surface area contributed by atoms with Crippen molar-refractivity contribution in [1.82, 2.24) is 25.5 Å². The minimum Gasteiger partial charge on any atom is -0.394 e. The van der Waals surface area contributed by atoms with Crippen molar-refractivity contribution >= 4 is 51.8 Å². The van der Waals surface area contributed by atoms with Crippen molar-refractivity contribution in [3.8, 4) is 0 Å². The van der Waals surface area contributed by atoms with Crippen molar-refractivity contribution < 1.29 is 35.1 Å². The standard InChI is InChI=1S/C39H61ClN10O7/c1-2-3-4-7-18-50(22-29(52)32(54)33(55)30(53)23-51)19-8-17-45-28(37(43)56)15-12-25-11-14-26-20-24(10-13-27(26)21-25)9-5-6-16-46-39(44)49-38(57)31-35(41)48-36(42)34(40)47-31/h10-11,13-14,20-21,28-30,32-33,45,51-55H,2-9,12,15-19,22-23H2,1H3,(H2,43,56)(H4,41,42,48)(H3,44,46,49,57)/t28?,29-,30+,32+,33+/m0/s1. The first-order chi connectivity index (χ1) is 27.2. The Morgan fingerprint density at radius 1 is 0.842 bits per heavy atom. The number of carbonyl (C=O) groups excluding carboxylic acids is 2. The first-order valence-corrected chi connectivity index (χ1v) is 19.9. The van der Waals surface area contributed by atoms with Gasteiger partial charge in [0.05, 0.1) is 18.8 Å². The lowest BCUT2D eigenvalue weighted by molar-refractivity contribution is -0.120. The second-order valence-electron chi connectivity index (χ2n) is 14.3. The number of nitrogen functional groups attached to an aromatic ring is 2. The van der Waals surface area contributed by atoms with Crippen LogP contribution >= 0.6 is 11.6 Å². The number of aryl methyl sites for hydroxylation is 2. The van der Waals surface area contributed by atoms with E-state index < -0.39 is 48.9 Å². The normalized spacial score (nSPS) is 14.7. The van der Waals surface area contributed by atoms with Crippen LogP contribution in [-0.2, 0) is 17.6 Å². The number of aliphatic imine (C=N–C) groups is 1. The summed E-state index contributed by atoms with van der Waals surface area (Å²) < 4.78 is 0. The predicted octanol–water partition coefficient (Wildman–Crippen LogP) is 0.599. The number of aromatic nitrogens is 2.